The molecule has 0 bridgehead atoms. The van der Waals surface area contributed by atoms with Crippen LogP contribution in [0.15, 0.2) is 23.9 Å². The lowest BCUT2D eigenvalue weighted by molar-refractivity contribution is 0.0591. The molecule has 0 amide bonds. The van der Waals surface area contributed by atoms with E-state index in [1.165, 1.54) is 0 Å². The first-order chi connectivity index (χ1) is 10.7. The highest BCUT2D eigenvalue weighted by molar-refractivity contribution is 14.1. The van der Waals surface area contributed by atoms with Gasteiger partial charge in [0.1, 0.15) is 0 Å². The first-order valence-corrected chi connectivity index (χ1v) is 8.08. The fraction of sp³-hybridized carbons (Fsp3) is 0.438. The van der Waals surface area contributed by atoms with Gasteiger partial charge in [-0.05, 0) is 40.3 Å². The number of ether oxygens (including phenoxy) is 3. The maximum atomic E-state index is 9.38. The van der Waals surface area contributed by atoms with Crippen LogP contribution in [-0.2, 0) is 11.2 Å². The molecule has 0 spiro atoms. The second-order valence-corrected chi connectivity index (χ2v) is 6.07. The number of rotatable bonds is 5. The van der Waals surface area contributed by atoms with E-state index in [-0.39, 0.29) is 0 Å². The minimum Gasteiger partial charge on any atom is -0.493 e. The largest absolute Gasteiger partial charge is 0.493 e. The van der Waals surface area contributed by atoms with E-state index >= 15 is 0 Å². The Kier molecular flexibility index (Phi) is 6.34. The Labute approximate surface area is 144 Å². The number of morpholine rings is 1. The molecule has 0 saturated carbocycles. The second kappa shape index (κ2) is 8.25. The topological polar surface area (TPSA) is 54.7 Å². The van der Waals surface area contributed by atoms with Crippen molar-refractivity contribution in [3.8, 4) is 17.6 Å². The van der Waals surface area contributed by atoms with Crippen molar-refractivity contribution in [3.63, 3.8) is 0 Å². The summed E-state index contributed by atoms with van der Waals surface area (Å²) in [7, 11) is 3.24. The first-order valence-electron chi connectivity index (χ1n) is 7.01. The molecule has 0 N–H and O–H groups in total. The number of hydrogen-bond donors (Lipinski definition) is 0. The van der Waals surface area contributed by atoms with Gasteiger partial charge in [0, 0.05) is 31.3 Å². The standard InChI is InChI=1S/C16H19IN2O3/c1-20-15-9-12(8-14(17)16(15)21-2)7-13(10-18)11-19-3-5-22-6-4-19/h8-9,11H,3-7H2,1-2H3/b13-11+. The van der Waals surface area contributed by atoms with Gasteiger partial charge in [-0.2, -0.15) is 5.26 Å². The molecule has 5 nitrogen and oxygen atoms in total. The van der Waals surface area contributed by atoms with E-state index in [9.17, 15) is 5.26 Å². The van der Waals surface area contributed by atoms with Crippen LogP contribution in [-0.4, -0.2) is 45.4 Å². The number of nitriles is 1. The van der Waals surface area contributed by atoms with Crippen molar-refractivity contribution in [3.05, 3.63) is 33.0 Å². The number of benzene rings is 1. The fourth-order valence-corrected chi connectivity index (χ4v) is 3.22. The van der Waals surface area contributed by atoms with Crippen LogP contribution in [0.3, 0.4) is 0 Å². The molecule has 1 aromatic rings. The van der Waals surface area contributed by atoms with Gasteiger partial charge in [0.2, 0.25) is 0 Å². The molecule has 1 saturated heterocycles. The highest BCUT2D eigenvalue weighted by Gasteiger charge is 2.13. The molecule has 0 unspecified atom stereocenters. The molecule has 0 atom stereocenters. The van der Waals surface area contributed by atoms with Crippen molar-refractivity contribution in [2.45, 2.75) is 6.42 Å². The van der Waals surface area contributed by atoms with Gasteiger partial charge >= 0.3 is 0 Å². The van der Waals surface area contributed by atoms with Crippen molar-refractivity contribution in [2.24, 2.45) is 0 Å². The van der Waals surface area contributed by atoms with Gasteiger partial charge in [-0.1, -0.05) is 0 Å². The monoisotopic (exact) mass is 414 g/mol. The highest BCUT2D eigenvalue weighted by Crippen LogP contribution is 2.34. The summed E-state index contributed by atoms with van der Waals surface area (Å²) in [6, 6.07) is 6.23. The Morgan fingerprint density at radius 1 is 1.36 bits per heavy atom. The summed E-state index contributed by atoms with van der Waals surface area (Å²) in [5, 5.41) is 9.38. The summed E-state index contributed by atoms with van der Waals surface area (Å²) in [4.78, 5) is 2.13. The first kappa shape index (κ1) is 16.9. The molecule has 1 aliphatic rings. The maximum absolute atomic E-state index is 9.38. The summed E-state index contributed by atoms with van der Waals surface area (Å²) in [5.41, 5.74) is 1.76. The van der Waals surface area contributed by atoms with Crippen LogP contribution in [0.1, 0.15) is 5.56 Å². The van der Waals surface area contributed by atoms with Gasteiger partial charge in [-0.15, -0.1) is 0 Å². The lowest BCUT2D eigenvalue weighted by Gasteiger charge is -2.25. The Bertz CT molecular complexity index is 590. The van der Waals surface area contributed by atoms with Gasteiger partial charge in [0.05, 0.1) is 37.1 Å². The van der Waals surface area contributed by atoms with E-state index < -0.39 is 0 Å². The van der Waals surface area contributed by atoms with Crippen LogP contribution in [0.5, 0.6) is 11.5 Å². The third-order valence-corrected chi connectivity index (χ3v) is 4.22. The zero-order valence-electron chi connectivity index (χ0n) is 12.8. The van der Waals surface area contributed by atoms with Crippen LogP contribution in [0.25, 0.3) is 0 Å². The number of nitrogens with zero attached hydrogens (tertiary/aromatic N) is 2. The average Bonchev–Trinajstić information content (AvgIpc) is 2.54. The smallest absolute Gasteiger partial charge is 0.174 e. The highest BCUT2D eigenvalue weighted by atomic mass is 127. The number of halogens is 1. The summed E-state index contributed by atoms with van der Waals surface area (Å²) in [5.74, 6) is 1.41. The van der Waals surface area contributed by atoms with Crippen LogP contribution in [0, 0.1) is 14.9 Å². The van der Waals surface area contributed by atoms with Crippen LogP contribution in [0.4, 0.5) is 0 Å². The molecule has 22 heavy (non-hydrogen) atoms. The van der Waals surface area contributed by atoms with E-state index in [1.54, 1.807) is 14.2 Å². The predicted octanol–water partition coefficient (Wildman–Crippen LogP) is 2.59. The van der Waals surface area contributed by atoms with Crippen LogP contribution in [0.2, 0.25) is 0 Å². The van der Waals surface area contributed by atoms with Crippen LogP contribution < -0.4 is 9.47 Å². The Morgan fingerprint density at radius 2 is 2.09 bits per heavy atom. The van der Waals surface area contributed by atoms with Crippen LogP contribution >= 0.6 is 22.6 Å². The van der Waals surface area contributed by atoms with Crippen molar-refractivity contribution in [1.29, 1.82) is 5.26 Å². The van der Waals surface area contributed by atoms with E-state index in [2.05, 4.69) is 33.6 Å². The van der Waals surface area contributed by atoms with E-state index in [1.807, 2.05) is 18.3 Å². The molecule has 1 aliphatic heterocycles. The normalized spacial score (nSPS) is 15.4. The Hall–Kier alpha value is -1.46. The molecular weight excluding hydrogens is 395 g/mol. The molecule has 6 heteroatoms. The van der Waals surface area contributed by atoms with Gasteiger partial charge in [-0.25, -0.2) is 0 Å². The lowest BCUT2D eigenvalue weighted by atomic mass is 10.1. The van der Waals surface area contributed by atoms with E-state index in [0.717, 1.165) is 33.5 Å². The number of allylic oxidation sites excluding steroid dienone is 1. The molecule has 1 aromatic carbocycles. The fourth-order valence-electron chi connectivity index (χ4n) is 2.33. The number of methoxy groups -OCH3 is 2. The Balaban J connectivity index is 2.19. The molecular formula is C16H19IN2O3. The van der Waals surface area contributed by atoms with E-state index in [4.69, 9.17) is 14.2 Å². The van der Waals surface area contributed by atoms with Crippen molar-refractivity contribution < 1.29 is 14.2 Å². The van der Waals surface area contributed by atoms with Gasteiger partial charge in [0.15, 0.2) is 11.5 Å². The quantitative estimate of drug-likeness (QED) is 0.548. The number of hydrogen-bond acceptors (Lipinski definition) is 5. The summed E-state index contributed by atoms with van der Waals surface area (Å²) >= 11 is 2.21. The minimum absolute atomic E-state index is 0.574. The molecule has 2 rings (SSSR count). The molecule has 118 valence electrons. The zero-order valence-corrected chi connectivity index (χ0v) is 14.9. The molecule has 0 aliphatic carbocycles. The average molecular weight is 414 g/mol. The van der Waals surface area contributed by atoms with Crippen molar-refractivity contribution in [1.82, 2.24) is 4.90 Å². The third kappa shape index (κ3) is 4.27. The molecule has 0 radical (unpaired) electrons. The van der Waals surface area contributed by atoms with Gasteiger partial charge in [-0.3, -0.25) is 0 Å². The van der Waals surface area contributed by atoms with Crippen molar-refractivity contribution in [2.75, 3.05) is 40.5 Å². The molecule has 0 aromatic heterocycles. The van der Waals surface area contributed by atoms with Crippen molar-refractivity contribution >= 4 is 22.6 Å². The summed E-state index contributed by atoms with van der Waals surface area (Å²) in [6.07, 6.45) is 2.51. The minimum atomic E-state index is 0.574. The molecule has 1 heterocycles. The second-order valence-electron chi connectivity index (χ2n) is 4.90. The van der Waals surface area contributed by atoms with E-state index in [0.29, 0.717) is 25.4 Å². The van der Waals surface area contributed by atoms with Gasteiger partial charge in [0.25, 0.3) is 0 Å². The lowest BCUT2D eigenvalue weighted by Crippen LogP contribution is -2.32. The maximum Gasteiger partial charge on any atom is 0.174 e. The SMILES string of the molecule is COc1cc(C/C(C#N)=C\N2CCOCC2)cc(I)c1OC. The summed E-state index contributed by atoms with van der Waals surface area (Å²) in [6.45, 7) is 3.08. The predicted molar refractivity (Wildman–Crippen MR) is 92.1 cm³/mol. The Morgan fingerprint density at radius 3 is 2.68 bits per heavy atom. The molecule has 1 fully saturated rings. The summed E-state index contributed by atoms with van der Waals surface area (Å²) < 4.78 is 17.0. The zero-order chi connectivity index (χ0) is 15.9. The third-order valence-electron chi connectivity index (χ3n) is 3.42. The van der Waals surface area contributed by atoms with Gasteiger partial charge < -0.3 is 19.1 Å².